The van der Waals surface area contributed by atoms with E-state index in [1.165, 1.54) is 12.1 Å². The summed E-state index contributed by atoms with van der Waals surface area (Å²) in [6.45, 7) is 6.54. The molecule has 1 amide bonds. The van der Waals surface area contributed by atoms with Crippen LogP contribution in [0.25, 0.3) is 5.57 Å². The van der Waals surface area contributed by atoms with Crippen molar-refractivity contribution in [3.63, 3.8) is 0 Å². The fourth-order valence-corrected chi connectivity index (χ4v) is 2.95. The molecule has 7 heteroatoms. The molecule has 1 aliphatic heterocycles. The van der Waals surface area contributed by atoms with Gasteiger partial charge in [-0.15, -0.1) is 0 Å². The van der Waals surface area contributed by atoms with Gasteiger partial charge in [0.2, 0.25) is 5.88 Å². The van der Waals surface area contributed by atoms with E-state index >= 15 is 0 Å². The maximum atomic E-state index is 14.0. The molecule has 1 aromatic heterocycles. The number of benzene rings is 1. The molecule has 0 radical (unpaired) electrons. The van der Waals surface area contributed by atoms with Gasteiger partial charge in [-0.1, -0.05) is 18.2 Å². The molecular weight excluding hydrogens is 385 g/mol. The van der Waals surface area contributed by atoms with Gasteiger partial charge in [0.05, 0.1) is 17.3 Å². The van der Waals surface area contributed by atoms with E-state index in [4.69, 9.17) is 14.7 Å². The van der Waals surface area contributed by atoms with E-state index in [0.29, 0.717) is 31.0 Å². The molecule has 0 aliphatic carbocycles. The molecule has 30 heavy (non-hydrogen) atoms. The number of hydrogen-bond acceptors (Lipinski definition) is 5. The zero-order chi connectivity index (χ0) is 21.7. The molecule has 2 aromatic rings. The Kier molecular flexibility index (Phi) is 6.36. The average molecular weight is 409 g/mol. The lowest BCUT2D eigenvalue weighted by Gasteiger charge is -2.29. The Morgan fingerprint density at radius 1 is 1.30 bits per heavy atom. The molecule has 0 unspecified atom stereocenters. The predicted molar refractivity (Wildman–Crippen MR) is 110 cm³/mol. The number of amides is 1. The van der Waals surface area contributed by atoms with Gasteiger partial charge < -0.3 is 14.4 Å². The minimum atomic E-state index is -0.525. The van der Waals surface area contributed by atoms with Gasteiger partial charge >= 0.3 is 6.09 Å². The van der Waals surface area contributed by atoms with Crippen LogP contribution in [0.1, 0.15) is 44.0 Å². The van der Waals surface area contributed by atoms with Crippen LogP contribution in [-0.4, -0.2) is 34.7 Å². The van der Waals surface area contributed by atoms with Gasteiger partial charge in [-0.2, -0.15) is 5.26 Å². The van der Waals surface area contributed by atoms with E-state index < -0.39 is 11.4 Å². The number of aromatic nitrogens is 1. The van der Waals surface area contributed by atoms with Crippen molar-refractivity contribution in [1.29, 1.82) is 5.26 Å². The molecule has 6 nitrogen and oxygen atoms in total. The molecular formula is C23H24FN3O3. The first-order valence-electron chi connectivity index (χ1n) is 9.71. The number of pyridine rings is 1. The first kappa shape index (κ1) is 21.3. The molecule has 1 aliphatic rings. The number of nitriles is 1. The van der Waals surface area contributed by atoms with Gasteiger partial charge in [-0.3, -0.25) is 0 Å². The minimum Gasteiger partial charge on any atom is -0.473 e. The molecule has 0 saturated carbocycles. The molecule has 2 heterocycles. The number of rotatable bonds is 4. The summed E-state index contributed by atoms with van der Waals surface area (Å²) in [4.78, 5) is 18.3. The number of nitrogens with zero attached hydrogens (tertiary/aromatic N) is 3. The van der Waals surface area contributed by atoms with Crippen LogP contribution >= 0.6 is 0 Å². The fraction of sp³-hybridized carbons (Fsp3) is 0.348. The van der Waals surface area contributed by atoms with Crippen LogP contribution in [0, 0.1) is 17.1 Å². The standard InChI is InChI=1S/C23H24FN3O3/c1-23(2,3)30-22(28)27-11-9-17(10-12-27)20-5-4-6-21(26-20)29-15-18-8-7-16(14-25)13-19(18)24/h4-9,13H,10-12,15H2,1-3H3. The molecule has 156 valence electrons. The second-order valence-corrected chi connectivity index (χ2v) is 7.97. The summed E-state index contributed by atoms with van der Waals surface area (Å²) in [5.41, 5.74) is 1.87. The molecule has 1 aromatic carbocycles. The second kappa shape index (κ2) is 8.95. The van der Waals surface area contributed by atoms with Crippen LogP contribution in [0.4, 0.5) is 9.18 Å². The quantitative estimate of drug-likeness (QED) is 0.732. The highest BCUT2D eigenvalue weighted by Gasteiger charge is 2.24. The van der Waals surface area contributed by atoms with Crippen LogP contribution in [-0.2, 0) is 11.3 Å². The second-order valence-electron chi connectivity index (χ2n) is 7.97. The van der Waals surface area contributed by atoms with Crippen LogP contribution in [0.5, 0.6) is 5.88 Å². The van der Waals surface area contributed by atoms with E-state index in [2.05, 4.69) is 4.98 Å². The zero-order valence-electron chi connectivity index (χ0n) is 17.3. The Bertz CT molecular complexity index is 1010. The monoisotopic (exact) mass is 409 g/mol. The SMILES string of the molecule is CC(C)(C)OC(=O)N1CC=C(c2cccc(OCc3ccc(C#N)cc3F)n2)CC1. The summed E-state index contributed by atoms with van der Waals surface area (Å²) >= 11 is 0. The normalized spacial score (nSPS) is 14.0. The maximum Gasteiger partial charge on any atom is 0.410 e. The Morgan fingerprint density at radius 3 is 2.73 bits per heavy atom. The summed E-state index contributed by atoms with van der Waals surface area (Å²) in [5.74, 6) is -0.103. The summed E-state index contributed by atoms with van der Waals surface area (Å²) in [6.07, 6.45) is 2.28. The van der Waals surface area contributed by atoms with Gasteiger partial charge in [0.15, 0.2) is 0 Å². The van der Waals surface area contributed by atoms with Crippen molar-refractivity contribution in [1.82, 2.24) is 9.88 Å². The van der Waals surface area contributed by atoms with E-state index in [9.17, 15) is 9.18 Å². The van der Waals surface area contributed by atoms with Crippen LogP contribution in [0.2, 0.25) is 0 Å². The van der Waals surface area contributed by atoms with E-state index in [-0.39, 0.29) is 18.3 Å². The molecule has 0 spiro atoms. The number of carbonyl (C=O) groups excluding carboxylic acids is 1. The summed E-state index contributed by atoms with van der Waals surface area (Å²) in [5, 5.41) is 8.82. The van der Waals surface area contributed by atoms with Crippen molar-refractivity contribution in [2.75, 3.05) is 13.1 Å². The topological polar surface area (TPSA) is 75.4 Å². The van der Waals surface area contributed by atoms with Crippen molar-refractivity contribution in [3.05, 3.63) is 65.1 Å². The predicted octanol–water partition coefficient (Wildman–Crippen LogP) is 4.70. The third-order valence-electron chi connectivity index (χ3n) is 4.47. The fourth-order valence-electron chi connectivity index (χ4n) is 2.95. The first-order chi connectivity index (χ1) is 14.2. The molecule has 3 rings (SSSR count). The Balaban J connectivity index is 1.63. The highest BCUT2D eigenvalue weighted by Crippen LogP contribution is 2.24. The number of carbonyl (C=O) groups is 1. The summed E-state index contributed by atoms with van der Waals surface area (Å²) < 4.78 is 25.1. The Morgan fingerprint density at radius 2 is 2.10 bits per heavy atom. The van der Waals surface area contributed by atoms with Gasteiger partial charge in [0.25, 0.3) is 0 Å². The van der Waals surface area contributed by atoms with Crippen molar-refractivity contribution >= 4 is 11.7 Å². The van der Waals surface area contributed by atoms with Crippen molar-refractivity contribution in [2.45, 2.75) is 39.4 Å². The van der Waals surface area contributed by atoms with Crippen LogP contribution < -0.4 is 4.74 Å². The van der Waals surface area contributed by atoms with Crippen LogP contribution in [0.3, 0.4) is 0 Å². The highest BCUT2D eigenvalue weighted by molar-refractivity contribution is 5.72. The largest absolute Gasteiger partial charge is 0.473 e. The number of hydrogen-bond donors (Lipinski definition) is 0. The smallest absolute Gasteiger partial charge is 0.410 e. The van der Waals surface area contributed by atoms with E-state index in [1.54, 1.807) is 17.0 Å². The minimum absolute atomic E-state index is 0.0134. The molecule has 0 fully saturated rings. The summed E-state index contributed by atoms with van der Waals surface area (Å²) in [7, 11) is 0. The molecule has 0 N–H and O–H groups in total. The van der Waals surface area contributed by atoms with Gasteiger partial charge in [-0.05, 0) is 51.0 Å². The van der Waals surface area contributed by atoms with Crippen molar-refractivity contribution in [3.8, 4) is 11.9 Å². The zero-order valence-corrected chi connectivity index (χ0v) is 17.3. The molecule has 0 bridgehead atoms. The highest BCUT2D eigenvalue weighted by atomic mass is 19.1. The molecule has 0 saturated heterocycles. The lowest BCUT2D eigenvalue weighted by Crippen LogP contribution is -2.39. The lowest BCUT2D eigenvalue weighted by molar-refractivity contribution is 0.0270. The average Bonchev–Trinajstić information content (AvgIpc) is 2.72. The maximum absolute atomic E-state index is 14.0. The Hall–Kier alpha value is -3.40. The van der Waals surface area contributed by atoms with E-state index in [0.717, 1.165) is 11.3 Å². The third-order valence-corrected chi connectivity index (χ3v) is 4.47. The first-order valence-corrected chi connectivity index (χ1v) is 9.71. The van der Waals surface area contributed by atoms with Crippen molar-refractivity contribution < 1.29 is 18.7 Å². The van der Waals surface area contributed by atoms with Gasteiger partial charge in [0, 0.05) is 24.7 Å². The number of ether oxygens (including phenoxy) is 2. The number of halogens is 1. The Labute approximate surface area is 175 Å². The third kappa shape index (κ3) is 5.57. The lowest BCUT2D eigenvalue weighted by atomic mass is 10.0. The van der Waals surface area contributed by atoms with Gasteiger partial charge in [0.1, 0.15) is 18.0 Å². The van der Waals surface area contributed by atoms with E-state index in [1.807, 2.05) is 45.0 Å². The summed E-state index contributed by atoms with van der Waals surface area (Å²) in [6, 6.07) is 11.6. The van der Waals surface area contributed by atoms with Crippen molar-refractivity contribution in [2.24, 2.45) is 0 Å². The van der Waals surface area contributed by atoms with Crippen LogP contribution in [0.15, 0.2) is 42.5 Å². The van der Waals surface area contributed by atoms with Gasteiger partial charge in [-0.25, -0.2) is 14.2 Å². The molecule has 0 atom stereocenters.